The lowest BCUT2D eigenvalue weighted by Gasteiger charge is -2.30. The van der Waals surface area contributed by atoms with Crippen molar-refractivity contribution in [3.05, 3.63) is 109 Å². The number of para-hydroxylation sites is 1. The lowest BCUT2D eigenvalue weighted by molar-refractivity contribution is -0.138. The van der Waals surface area contributed by atoms with Crippen molar-refractivity contribution in [2.75, 3.05) is 10.2 Å². The van der Waals surface area contributed by atoms with E-state index in [0.29, 0.717) is 31.7 Å². The number of carbonyl (C=O) groups excluding carboxylic acids is 3. The van der Waals surface area contributed by atoms with Crippen molar-refractivity contribution in [2.24, 2.45) is 5.92 Å². The molecule has 0 unspecified atom stereocenters. The van der Waals surface area contributed by atoms with Crippen LogP contribution in [0.4, 0.5) is 37.7 Å². The van der Waals surface area contributed by atoms with E-state index >= 15 is 0 Å². The van der Waals surface area contributed by atoms with Crippen LogP contribution in [0.15, 0.2) is 82.6 Å². The van der Waals surface area contributed by atoms with Crippen LogP contribution in [0.3, 0.4) is 0 Å². The average molecular weight is 698 g/mol. The van der Waals surface area contributed by atoms with Gasteiger partial charge >= 0.3 is 17.2 Å². The van der Waals surface area contributed by atoms with E-state index in [1.807, 2.05) is 0 Å². The number of halogens is 7. The van der Waals surface area contributed by atoms with Gasteiger partial charge in [-0.15, -0.1) is 0 Å². The molecule has 7 nitrogen and oxygen atoms in total. The van der Waals surface area contributed by atoms with Crippen LogP contribution in [0.2, 0.25) is 5.02 Å². The fourth-order valence-electron chi connectivity index (χ4n) is 5.55. The lowest BCUT2D eigenvalue weighted by Crippen LogP contribution is -2.33. The lowest BCUT2D eigenvalue weighted by atomic mass is 9.83. The molecule has 46 heavy (non-hydrogen) atoms. The van der Waals surface area contributed by atoms with Crippen molar-refractivity contribution < 1.29 is 40.7 Å². The number of amides is 3. The Bertz CT molecular complexity index is 1940. The molecule has 6 rings (SSSR count). The second kappa shape index (κ2) is 11.6. The maximum absolute atomic E-state index is 13.9. The van der Waals surface area contributed by atoms with E-state index in [-0.39, 0.29) is 10.7 Å². The van der Waals surface area contributed by atoms with Crippen LogP contribution in [0.5, 0.6) is 0 Å². The Labute approximate surface area is 268 Å². The van der Waals surface area contributed by atoms with Gasteiger partial charge in [-0.25, -0.2) is 4.90 Å². The smallest absolute Gasteiger partial charge is 0.325 e. The second-order valence-corrected chi connectivity index (χ2v) is 12.9. The molecule has 2 aliphatic rings. The zero-order chi connectivity index (χ0) is 33.1. The molecule has 3 heterocycles. The third-order valence-electron chi connectivity index (χ3n) is 7.50. The van der Waals surface area contributed by atoms with Crippen LogP contribution in [-0.4, -0.2) is 27.5 Å². The molecular formula is C30H18ClF6N3O4S2. The number of alkyl halides is 6. The Morgan fingerprint density at radius 2 is 1.57 bits per heavy atom. The third kappa shape index (κ3) is 5.71. The molecule has 0 radical (unpaired) electrons. The maximum atomic E-state index is 13.9. The van der Waals surface area contributed by atoms with Gasteiger partial charge in [0.15, 0.2) is 0 Å². The number of rotatable bonds is 5. The number of nitrogens with zero attached hydrogens (tertiary/aromatic N) is 2. The van der Waals surface area contributed by atoms with Gasteiger partial charge in [0.05, 0.1) is 27.8 Å². The van der Waals surface area contributed by atoms with Gasteiger partial charge in [0.25, 0.3) is 0 Å². The Kier molecular flexibility index (Phi) is 8.05. The zero-order valence-corrected chi connectivity index (χ0v) is 25.2. The van der Waals surface area contributed by atoms with Crippen LogP contribution in [0.25, 0.3) is 0 Å². The highest BCUT2D eigenvalue weighted by atomic mass is 35.5. The monoisotopic (exact) mass is 697 g/mol. The minimum atomic E-state index is -4.88. The third-order valence-corrected chi connectivity index (χ3v) is 10.4. The van der Waals surface area contributed by atoms with E-state index in [4.69, 9.17) is 11.6 Å². The van der Waals surface area contributed by atoms with Crippen molar-refractivity contribution in [1.82, 2.24) is 4.57 Å². The summed E-state index contributed by atoms with van der Waals surface area (Å²) in [6.07, 6.45) is -9.53. The molecule has 1 fully saturated rings. The van der Waals surface area contributed by atoms with Crippen LogP contribution >= 0.6 is 34.7 Å². The summed E-state index contributed by atoms with van der Waals surface area (Å²) >= 11 is 7.54. The molecule has 1 N–H and O–H groups in total. The first kappa shape index (κ1) is 31.9. The summed E-state index contributed by atoms with van der Waals surface area (Å²) in [6.45, 7) is -0.651. The number of hydrogen-bond acceptors (Lipinski definition) is 6. The molecule has 0 bridgehead atoms. The molecule has 0 saturated carbocycles. The van der Waals surface area contributed by atoms with Gasteiger partial charge in [0, 0.05) is 21.5 Å². The van der Waals surface area contributed by atoms with Crippen LogP contribution in [0.1, 0.15) is 27.5 Å². The fraction of sp³-hybridized carbons (Fsp3) is 0.200. The summed E-state index contributed by atoms with van der Waals surface area (Å²) < 4.78 is 82.3. The van der Waals surface area contributed by atoms with Crippen LogP contribution < -0.4 is 15.1 Å². The van der Waals surface area contributed by atoms with E-state index in [1.165, 1.54) is 24.3 Å². The Morgan fingerprint density at radius 3 is 2.24 bits per heavy atom. The number of fused-ring (bicyclic) bond motifs is 2. The van der Waals surface area contributed by atoms with E-state index in [0.717, 1.165) is 52.7 Å². The van der Waals surface area contributed by atoms with E-state index in [1.54, 1.807) is 12.1 Å². The van der Waals surface area contributed by atoms with Gasteiger partial charge < -0.3 is 5.32 Å². The van der Waals surface area contributed by atoms with Gasteiger partial charge in [-0.2, -0.15) is 26.3 Å². The Hall–Kier alpha value is -4.08. The number of aromatic nitrogens is 1. The molecule has 0 spiro atoms. The van der Waals surface area contributed by atoms with Crippen molar-refractivity contribution in [3.63, 3.8) is 0 Å². The van der Waals surface area contributed by atoms with Gasteiger partial charge in [0.1, 0.15) is 11.8 Å². The van der Waals surface area contributed by atoms with Crippen molar-refractivity contribution in [1.29, 1.82) is 0 Å². The number of nitrogens with one attached hydrogen (secondary N) is 1. The number of carbonyl (C=O) groups is 3. The summed E-state index contributed by atoms with van der Waals surface area (Å²) in [5, 5.41) is 1.55. The molecule has 2 aliphatic heterocycles. The summed E-state index contributed by atoms with van der Waals surface area (Å²) in [5.41, 5.74) is -2.52. The summed E-state index contributed by atoms with van der Waals surface area (Å²) in [5.74, 6) is -4.84. The van der Waals surface area contributed by atoms with Crippen LogP contribution in [-0.2, 0) is 33.3 Å². The van der Waals surface area contributed by atoms with Crippen molar-refractivity contribution in [3.8, 4) is 0 Å². The highest BCUT2D eigenvalue weighted by Gasteiger charge is 2.57. The summed E-state index contributed by atoms with van der Waals surface area (Å²) in [6, 6.07) is 14.3. The largest absolute Gasteiger partial charge is 0.418 e. The van der Waals surface area contributed by atoms with E-state index < -0.39 is 75.4 Å². The number of benzene rings is 3. The topological polar surface area (TPSA) is 88.5 Å². The molecule has 1 aromatic heterocycles. The molecule has 3 atom stereocenters. The first-order valence-electron chi connectivity index (χ1n) is 13.3. The number of hydrogen-bond donors (Lipinski definition) is 1. The molecule has 3 aromatic carbocycles. The second-order valence-electron chi connectivity index (χ2n) is 10.4. The SMILES string of the molecule is O=C(Cn1c2c(sc1=O)[C@@H](c1ccc(Cl)cc1)[C@@H]1C(=O)N(c3ccccc3C(F)(F)F)C(=O)[C@@H]1S2)Nc1cccc(C(F)(F)F)c1. The molecule has 238 valence electrons. The van der Waals surface area contributed by atoms with Crippen molar-refractivity contribution >= 4 is 63.8 Å². The highest BCUT2D eigenvalue weighted by Crippen LogP contribution is 2.54. The standard InChI is InChI=1S/C30H18ClF6N3O4S2/c31-16-10-8-14(9-11-16)21-22-23(26(43)40(25(22)42)19-7-2-1-6-18(19)30(35,36)37)45-27-24(21)46-28(44)39(27)13-20(41)38-17-5-3-4-15(12-17)29(32,33)34/h1-12,21-23H,13H2,(H,38,41)/t21-,22-,23+/m0/s1. The quantitative estimate of drug-likeness (QED) is 0.179. The first-order chi connectivity index (χ1) is 21.6. The Morgan fingerprint density at radius 1 is 0.870 bits per heavy atom. The maximum Gasteiger partial charge on any atom is 0.418 e. The summed E-state index contributed by atoms with van der Waals surface area (Å²) in [7, 11) is 0. The zero-order valence-electron chi connectivity index (χ0n) is 22.9. The number of thioether (sulfide) groups is 1. The van der Waals surface area contributed by atoms with Crippen molar-refractivity contribution in [2.45, 2.75) is 35.1 Å². The first-order valence-corrected chi connectivity index (χ1v) is 15.4. The number of thiazole rings is 1. The molecule has 1 saturated heterocycles. The van der Waals surface area contributed by atoms with Gasteiger partial charge in [0.2, 0.25) is 17.7 Å². The average Bonchev–Trinajstić information content (AvgIpc) is 3.43. The molecule has 16 heteroatoms. The summed E-state index contributed by atoms with van der Waals surface area (Å²) in [4.78, 5) is 54.1. The van der Waals surface area contributed by atoms with Gasteiger partial charge in [-0.05, 0) is 48.0 Å². The minimum Gasteiger partial charge on any atom is -0.325 e. The fourth-order valence-corrected chi connectivity index (χ4v) is 8.45. The Balaban J connectivity index is 1.40. The molecule has 0 aliphatic carbocycles. The predicted molar refractivity (Wildman–Crippen MR) is 159 cm³/mol. The van der Waals surface area contributed by atoms with Gasteiger partial charge in [-0.3, -0.25) is 23.7 Å². The minimum absolute atomic E-state index is 0.141. The van der Waals surface area contributed by atoms with Gasteiger partial charge in [-0.1, -0.05) is 65.0 Å². The van der Waals surface area contributed by atoms with E-state index in [9.17, 15) is 45.5 Å². The molecule has 4 aromatic rings. The molecular weight excluding hydrogens is 680 g/mol. The molecule has 3 amide bonds. The normalized spacial score (nSPS) is 19.6. The number of imide groups is 1. The van der Waals surface area contributed by atoms with E-state index in [2.05, 4.69) is 5.32 Å². The number of anilines is 2. The highest BCUT2D eigenvalue weighted by molar-refractivity contribution is 8.00. The van der Waals surface area contributed by atoms with Crippen LogP contribution in [0, 0.1) is 5.92 Å². The predicted octanol–water partition coefficient (Wildman–Crippen LogP) is 7.04.